The van der Waals surface area contributed by atoms with E-state index in [9.17, 15) is 0 Å². The largest absolute Gasteiger partial charge is 0.316 e. The predicted octanol–water partition coefficient (Wildman–Crippen LogP) is 1.63. The molecule has 0 spiro atoms. The molecule has 2 atom stereocenters. The zero-order valence-electron chi connectivity index (χ0n) is 10.3. The molecule has 5 nitrogen and oxygen atoms in total. The van der Waals surface area contributed by atoms with E-state index >= 15 is 0 Å². The lowest BCUT2D eigenvalue weighted by Crippen LogP contribution is -2.08. The van der Waals surface area contributed by atoms with Crippen molar-refractivity contribution in [2.75, 3.05) is 13.1 Å². The van der Waals surface area contributed by atoms with Crippen molar-refractivity contribution in [3.8, 4) is 0 Å². The highest BCUT2D eigenvalue weighted by molar-refractivity contribution is 7.16. The van der Waals surface area contributed by atoms with Crippen LogP contribution in [0.1, 0.15) is 43.4 Å². The highest BCUT2D eigenvalue weighted by Gasteiger charge is 2.28. The highest BCUT2D eigenvalue weighted by atomic mass is 32.1. The van der Waals surface area contributed by atoms with Gasteiger partial charge in [-0.1, -0.05) is 32.1 Å². The summed E-state index contributed by atoms with van der Waals surface area (Å²) >= 11 is 1.67. The van der Waals surface area contributed by atoms with E-state index in [2.05, 4.69) is 36.3 Å². The van der Waals surface area contributed by atoms with E-state index in [1.54, 1.807) is 11.3 Å². The lowest BCUT2D eigenvalue weighted by molar-refractivity contribution is 0.560. The predicted molar refractivity (Wildman–Crippen MR) is 67.5 cm³/mol. The molecule has 0 saturated carbocycles. The summed E-state index contributed by atoms with van der Waals surface area (Å²) in [6, 6.07) is 0. The van der Waals surface area contributed by atoms with Gasteiger partial charge in [0.2, 0.25) is 4.96 Å². The van der Waals surface area contributed by atoms with Gasteiger partial charge >= 0.3 is 0 Å². The van der Waals surface area contributed by atoms with Crippen molar-refractivity contribution in [3.05, 3.63) is 10.8 Å². The average Bonchev–Trinajstić information content (AvgIpc) is 2.89. The van der Waals surface area contributed by atoms with Crippen LogP contribution in [-0.4, -0.2) is 32.9 Å². The van der Waals surface area contributed by atoms with Crippen molar-refractivity contribution in [3.63, 3.8) is 0 Å². The number of fused-ring (bicyclic) bond motifs is 1. The maximum Gasteiger partial charge on any atom is 0.234 e. The van der Waals surface area contributed by atoms with Crippen LogP contribution in [0.5, 0.6) is 0 Å². The van der Waals surface area contributed by atoms with E-state index < -0.39 is 0 Å². The van der Waals surface area contributed by atoms with Gasteiger partial charge in [0.1, 0.15) is 5.01 Å². The quantitative estimate of drug-likeness (QED) is 0.881. The van der Waals surface area contributed by atoms with Crippen molar-refractivity contribution in [2.45, 2.75) is 32.6 Å². The average molecular weight is 251 g/mol. The first-order valence-corrected chi connectivity index (χ1v) is 6.91. The van der Waals surface area contributed by atoms with Gasteiger partial charge in [0.05, 0.1) is 0 Å². The number of rotatable bonds is 2. The van der Waals surface area contributed by atoms with Crippen LogP contribution in [-0.2, 0) is 0 Å². The molecule has 1 saturated heterocycles. The number of nitrogens with zero attached hydrogens (tertiary/aromatic N) is 4. The van der Waals surface area contributed by atoms with Crippen molar-refractivity contribution >= 4 is 16.3 Å². The Morgan fingerprint density at radius 2 is 2.18 bits per heavy atom. The van der Waals surface area contributed by atoms with Gasteiger partial charge in [0.25, 0.3) is 0 Å². The Kier molecular flexibility index (Phi) is 2.63. The first kappa shape index (κ1) is 11.1. The van der Waals surface area contributed by atoms with Crippen molar-refractivity contribution < 1.29 is 0 Å². The van der Waals surface area contributed by atoms with Gasteiger partial charge < -0.3 is 5.32 Å². The summed E-state index contributed by atoms with van der Waals surface area (Å²) in [6.45, 7) is 8.63. The van der Waals surface area contributed by atoms with Crippen LogP contribution in [0, 0.1) is 5.92 Å². The third-order valence-corrected chi connectivity index (χ3v) is 4.41. The van der Waals surface area contributed by atoms with Crippen LogP contribution in [0.4, 0.5) is 0 Å². The molecule has 1 aliphatic heterocycles. The Morgan fingerprint density at radius 3 is 2.82 bits per heavy atom. The molecule has 0 aliphatic carbocycles. The van der Waals surface area contributed by atoms with Crippen molar-refractivity contribution in [1.29, 1.82) is 0 Å². The van der Waals surface area contributed by atoms with E-state index in [0.29, 0.717) is 17.8 Å². The molecule has 2 unspecified atom stereocenters. The van der Waals surface area contributed by atoms with Crippen LogP contribution in [0.3, 0.4) is 0 Å². The van der Waals surface area contributed by atoms with Crippen LogP contribution in [0.15, 0.2) is 0 Å². The summed E-state index contributed by atoms with van der Waals surface area (Å²) < 4.78 is 1.91. The molecule has 3 heterocycles. The monoisotopic (exact) mass is 251 g/mol. The third kappa shape index (κ3) is 1.75. The molecule has 2 aromatic heterocycles. The van der Waals surface area contributed by atoms with Gasteiger partial charge in [-0.3, -0.25) is 0 Å². The molecule has 92 valence electrons. The van der Waals surface area contributed by atoms with E-state index in [4.69, 9.17) is 5.10 Å². The number of nitrogens with one attached hydrogen (secondary N) is 1. The molecule has 1 N–H and O–H groups in total. The molecule has 6 heteroatoms. The van der Waals surface area contributed by atoms with Crippen molar-refractivity contribution in [2.24, 2.45) is 5.92 Å². The Labute approximate surface area is 104 Å². The van der Waals surface area contributed by atoms with Gasteiger partial charge in [-0.2, -0.15) is 9.61 Å². The first-order valence-electron chi connectivity index (χ1n) is 6.09. The second kappa shape index (κ2) is 4.03. The lowest BCUT2D eigenvalue weighted by Gasteiger charge is -2.09. The van der Waals surface area contributed by atoms with Crippen molar-refractivity contribution in [1.82, 2.24) is 25.1 Å². The molecule has 17 heavy (non-hydrogen) atoms. The standard InChI is InChI=1S/C11H17N5S/c1-6(2)9-13-14-11-16(9)15-10(17-11)8-5-12-4-7(8)3/h6-8,12H,4-5H2,1-3H3. The molecule has 3 rings (SSSR count). The van der Waals surface area contributed by atoms with Gasteiger partial charge in [-0.15, -0.1) is 10.2 Å². The van der Waals surface area contributed by atoms with Gasteiger partial charge in [-0.05, 0) is 12.5 Å². The highest BCUT2D eigenvalue weighted by Crippen LogP contribution is 2.31. The molecule has 0 bridgehead atoms. The minimum atomic E-state index is 0.360. The summed E-state index contributed by atoms with van der Waals surface area (Å²) in [5.41, 5.74) is 0. The fraction of sp³-hybridized carbons (Fsp3) is 0.727. The van der Waals surface area contributed by atoms with E-state index in [-0.39, 0.29) is 0 Å². The minimum absolute atomic E-state index is 0.360. The number of aromatic nitrogens is 4. The second-order valence-corrected chi connectivity index (χ2v) is 6.08. The number of hydrogen-bond acceptors (Lipinski definition) is 5. The van der Waals surface area contributed by atoms with Gasteiger partial charge in [0, 0.05) is 18.4 Å². The second-order valence-electron chi connectivity index (χ2n) is 5.09. The summed E-state index contributed by atoms with van der Waals surface area (Å²) in [5.74, 6) is 2.50. The third-order valence-electron chi connectivity index (χ3n) is 3.38. The summed E-state index contributed by atoms with van der Waals surface area (Å²) in [5, 5.41) is 17.7. The number of hydrogen-bond donors (Lipinski definition) is 1. The zero-order valence-corrected chi connectivity index (χ0v) is 11.2. The zero-order chi connectivity index (χ0) is 12.0. The fourth-order valence-corrected chi connectivity index (χ4v) is 3.38. The summed E-state index contributed by atoms with van der Waals surface area (Å²) in [6.07, 6.45) is 0. The molecule has 0 amide bonds. The van der Waals surface area contributed by atoms with E-state index in [0.717, 1.165) is 23.9 Å². The summed E-state index contributed by atoms with van der Waals surface area (Å²) in [7, 11) is 0. The van der Waals surface area contributed by atoms with Gasteiger partial charge in [-0.25, -0.2) is 0 Å². The fourth-order valence-electron chi connectivity index (χ4n) is 2.30. The molecular weight excluding hydrogens is 234 g/mol. The maximum atomic E-state index is 4.70. The Morgan fingerprint density at radius 1 is 1.35 bits per heavy atom. The smallest absolute Gasteiger partial charge is 0.234 e. The van der Waals surface area contributed by atoms with Crippen LogP contribution in [0.2, 0.25) is 0 Å². The minimum Gasteiger partial charge on any atom is -0.316 e. The molecule has 0 aromatic carbocycles. The normalized spacial score (nSPS) is 25.2. The molecule has 1 aliphatic rings. The van der Waals surface area contributed by atoms with E-state index in [1.165, 1.54) is 5.01 Å². The Bertz CT molecular complexity index is 529. The van der Waals surface area contributed by atoms with Crippen LogP contribution < -0.4 is 5.32 Å². The first-order chi connectivity index (χ1) is 8.16. The lowest BCUT2D eigenvalue weighted by atomic mass is 9.99. The topological polar surface area (TPSA) is 55.1 Å². The molecule has 2 aromatic rings. The summed E-state index contributed by atoms with van der Waals surface area (Å²) in [4.78, 5) is 0.919. The van der Waals surface area contributed by atoms with Gasteiger partial charge in [0.15, 0.2) is 5.82 Å². The molecule has 0 radical (unpaired) electrons. The van der Waals surface area contributed by atoms with Crippen LogP contribution >= 0.6 is 11.3 Å². The SMILES string of the molecule is CC(C)c1nnc2sc(C3CNCC3C)nn12. The Hall–Kier alpha value is -1.01. The Balaban J connectivity index is 2.02. The van der Waals surface area contributed by atoms with E-state index in [1.807, 2.05) is 4.52 Å². The molecule has 1 fully saturated rings. The maximum absolute atomic E-state index is 4.70. The van der Waals surface area contributed by atoms with Crippen LogP contribution in [0.25, 0.3) is 4.96 Å². The molecular formula is C11H17N5S.